The summed E-state index contributed by atoms with van der Waals surface area (Å²) in [5.41, 5.74) is 0. The topological polar surface area (TPSA) is 818 Å². The number of aliphatic hydroxyl groups excluding tert-OH is 26. The van der Waals surface area contributed by atoms with E-state index in [4.69, 9.17) is 90.0 Å². The Labute approximate surface area is 686 Å². The number of carbonyl (C=O) groups is 4. The molecule has 0 radical (unpaired) electrons. The van der Waals surface area contributed by atoms with Crippen LogP contribution < -0.4 is 21.3 Å². The van der Waals surface area contributed by atoms with Crippen LogP contribution in [0.1, 0.15) is 41.5 Å². The van der Waals surface area contributed by atoms with Crippen molar-refractivity contribution in [3.05, 3.63) is 0 Å². The molecule has 0 aromatic carbocycles. The highest BCUT2D eigenvalue weighted by Crippen LogP contribution is 2.41. The molecule has 10 aliphatic heterocycles. The summed E-state index contributed by atoms with van der Waals surface area (Å²) in [7, 11) is 0. The summed E-state index contributed by atoms with van der Waals surface area (Å²) in [6, 6.07) is -7.84. The van der Waals surface area contributed by atoms with Crippen LogP contribution in [0, 0.1) is 0 Å². The van der Waals surface area contributed by atoms with Crippen molar-refractivity contribution in [1.29, 1.82) is 0 Å². The summed E-state index contributed by atoms with van der Waals surface area (Å²) in [4.78, 5) is 52.8. The second-order valence-corrected chi connectivity index (χ2v) is 30.9. The first-order valence-corrected chi connectivity index (χ1v) is 38.9. The van der Waals surface area contributed by atoms with Gasteiger partial charge >= 0.3 is 0 Å². The summed E-state index contributed by atoms with van der Waals surface area (Å²) in [5, 5.41) is 301. The Balaban J connectivity index is 1.02. The first kappa shape index (κ1) is 99.2. The van der Waals surface area contributed by atoms with Gasteiger partial charge < -0.3 is 244 Å². The van der Waals surface area contributed by atoms with Crippen LogP contribution in [0.2, 0.25) is 0 Å². The summed E-state index contributed by atoms with van der Waals surface area (Å²) in [6.07, 6.45) is -95.2. The highest BCUT2D eigenvalue weighted by molar-refractivity contribution is 5.74. The molecule has 50 atom stereocenters. The van der Waals surface area contributed by atoms with Gasteiger partial charge in [-0.1, -0.05) is 0 Å². The lowest BCUT2D eigenvalue weighted by atomic mass is 9.93. The first-order valence-electron chi connectivity index (χ1n) is 38.9. The van der Waals surface area contributed by atoms with Crippen molar-refractivity contribution in [1.82, 2.24) is 21.3 Å². The zero-order valence-electron chi connectivity index (χ0n) is 65.5. The average Bonchev–Trinajstić information content (AvgIpc) is 0.748. The van der Waals surface area contributed by atoms with Gasteiger partial charge in [0.05, 0.1) is 65.1 Å². The molecule has 10 saturated heterocycles. The van der Waals surface area contributed by atoms with Gasteiger partial charge in [0.2, 0.25) is 23.6 Å². The third-order valence-corrected chi connectivity index (χ3v) is 22.4. The fourth-order valence-corrected chi connectivity index (χ4v) is 15.8. The maximum atomic E-state index is 13.5. The lowest BCUT2D eigenvalue weighted by molar-refractivity contribution is -0.392. The van der Waals surface area contributed by atoms with Crippen LogP contribution in [0.25, 0.3) is 0 Å². The molecule has 0 aromatic heterocycles. The molecule has 0 aliphatic carbocycles. The first-order chi connectivity index (χ1) is 57.2. The van der Waals surface area contributed by atoms with Gasteiger partial charge in [-0.3, -0.25) is 19.2 Å². The zero-order chi connectivity index (χ0) is 89.1. The van der Waals surface area contributed by atoms with E-state index in [1.54, 1.807) is 0 Å². The van der Waals surface area contributed by atoms with Crippen LogP contribution in [-0.2, 0) is 109 Å². The average molecular weight is 1770 g/mol. The van der Waals surface area contributed by atoms with E-state index in [0.29, 0.717) is 0 Å². The van der Waals surface area contributed by atoms with Gasteiger partial charge in [0.1, 0.15) is 232 Å². The van der Waals surface area contributed by atoms with Gasteiger partial charge in [0, 0.05) is 27.7 Å². The standard InChI is InChI=1S/C68H114N4O49/c1-15-33(84)43(94)47(98)63(104-15)120-57-45(96)35(86)21(7-73)111-67(57)116-52-30(70-18(4)81)60(107-24(10-76)38(52)89)103-14-28-42(93)56(119-62-32(72-20(6)83)54(40(91)26(12-78)109-62)117-68-58(46(97)36(87)22(8-74)112-68)121-64-48(99)44(95)34(85)16(2)105-64)50(101)66(113-28)115-53-31(71-19(5)82)61(108-25(11-77)39(53)90)118-55-41(92)27(13-79)110-65(49(55)100)114-51-29(69-17(3)80)59(102)106-23(9-75)37(51)88/h15-16,21-68,73-79,84-102H,7-14H2,1-6H3,(H,69,80)(H,70,81)(H,71,82)(H,72,83)/t15-,16-,21+,22+,23+,24+,25+,26+,27+,28+,29+,30+,31+,32+,33+,34+,35-,36-,37-,38+,39+,40+,41-,42-,43+,44+,45-,46-,47-,48-,49+,50+,51+,52+,53+,54+,55-,56-,57+,58+,59?,60+,61-,62-,63-,64-,65-,66-,67-,68-/m0/s1. The van der Waals surface area contributed by atoms with Crippen molar-refractivity contribution in [2.75, 3.05) is 52.9 Å². The van der Waals surface area contributed by atoms with E-state index < -0.39 is 383 Å². The number of ether oxygens (including phenoxy) is 19. The van der Waals surface area contributed by atoms with E-state index in [9.17, 15) is 152 Å². The number of nitrogens with one attached hydrogen (secondary N) is 4. The van der Waals surface area contributed by atoms with Crippen molar-refractivity contribution in [3.63, 3.8) is 0 Å². The van der Waals surface area contributed by atoms with Gasteiger partial charge in [0.15, 0.2) is 62.9 Å². The fraction of sp³-hybridized carbons (Fsp3) is 0.941. The van der Waals surface area contributed by atoms with Crippen LogP contribution in [0.5, 0.6) is 0 Å². The zero-order valence-corrected chi connectivity index (χ0v) is 65.5. The molecule has 10 aliphatic rings. The van der Waals surface area contributed by atoms with Crippen LogP contribution in [-0.4, -0.2) is 516 Å². The number of aliphatic hydroxyl groups is 26. The second kappa shape index (κ2) is 43.0. The summed E-state index contributed by atoms with van der Waals surface area (Å²) < 4.78 is 113. The van der Waals surface area contributed by atoms with E-state index >= 15 is 0 Å². The van der Waals surface area contributed by atoms with E-state index in [0.717, 1.165) is 27.7 Å². The molecular weight excluding hydrogens is 1660 g/mol. The number of amides is 4. The summed E-state index contributed by atoms with van der Waals surface area (Å²) in [5.74, 6) is -3.89. The molecule has 10 rings (SSSR count). The predicted molar refractivity (Wildman–Crippen MR) is 373 cm³/mol. The third kappa shape index (κ3) is 21.8. The number of carbonyl (C=O) groups excluding carboxylic acids is 4. The van der Waals surface area contributed by atoms with Crippen molar-refractivity contribution in [2.24, 2.45) is 0 Å². The lowest BCUT2D eigenvalue weighted by Gasteiger charge is -2.51. The highest BCUT2D eigenvalue weighted by atomic mass is 16.8. The smallest absolute Gasteiger partial charge is 0.217 e. The predicted octanol–water partition coefficient (Wildman–Crippen LogP) is -20.2. The molecule has 53 nitrogen and oxygen atoms in total. The SMILES string of the molecule is CC(=O)N[C@H]1[C@H](O[C@H]2[C@@H](O)[C@@H](CO)O[C@@H](O[C@H]3[C@@H](O)[C@@H](CO)OC(O)[C@@H]3NC(C)=O)[C@@H]2O)O[C@H](CO)[C@@H](O)[C@@H]1O[C@@H]1O[C@H](CO[C@@H]2O[C@H](CO)[C@@H](O)[C@H](O[C@@H]3O[C@H](CO)[C@H](O)[C@H](O)[C@H]3O[C@@H]3O[C@@H](C)[C@@H](O)[C@@H](O)[C@@H]3O)[C@H]2NC(C)=O)[C@H](O)[C@H](O[C@@H]2O[C@H](CO)[C@@H](O)[C@H](O[C@@H]3O[C@H](CO)[C@H](O)[C@H](O)[C@H]3O[C@@H]3O[C@@H](C)[C@@H](O)[C@@H](O)[C@@H]3O)[C@H]2NC(C)=O)[C@H]1O. The number of hydrogen-bond acceptors (Lipinski definition) is 49. The maximum absolute atomic E-state index is 13.5. The van der Waals surface area contributed by atoms with Gasteiger partial charge in [-0.05, 0) is 13.8 Å². The molecule has 0 aromatic rings. The Kier molecular flexibility index (Phi) is 35.3. The second-order valence-electron chi connectivity index (χ2n) is 30.9. The van der Waals surface area contributed by atoms with Crippen LogP contribution >= 0.6 is 0 Å². The third-order valence-electron chi connectivity index (χ3n) is 22.4. The van der Waals surface area contributed by atoms with E-state index in [2.05, 4.69) is 21.3 Å². The van der Waals surface area contributed by atoms with Crippen LogP contribution in [0.15, 0.2) is 0 Å². The molecule has 121 heavy (non-hydrogen) atoms. The minimum atomic E-state index is -2.64. The molecule has 4 amide bonds. The lowest BCUT2D eigenvalue weighted by Crippen LogP contribution is -2.71. The quantitative estimate of drug-likeness (QED) is 0.0318. The van der Waals surface area contributed by atoms with E-state index in [1.807, 2.05) is 0 Å². The molecular formula is C68H114N4O49. The van der Waals surface area contributed by atoms with Gasteiger partial charge in [-0.15, -0.1) is 0 Å². The maximum Gasteiger partial charge on any atom is 0.217 e. The molecule has 700 valence electrons. The van der Waals surface area contributed by atoms with Crippen LogP contribution in [0.4, 0.5) is 0 Å². The molecule has 0 bridgehead atoms. The fourth-order valence-electron chi connectivity index (χ4n) is 15.8. The van der Waals surface area contributed by atoms with Crippen molar-refractivity contribution in [3.8, 4) is 0 Å². The van der Waals surface area contributed by atoms with Crippen molar-refractivity contribution >= 4 is 23.6 Å². The largest absolute Gasteiger partial charge is 0.394 e. The molecule has 0 saturated carbocycles. The Morgan fingerprint density at radius 2 is 0.471 bits per heavy atom. The highest BCUT2D eigenvalue weighted by Gasteiger charge is 2.62. The minimum Gasteiger partial charge on any atom is -0.394 e. The molecule has 30 N–H and O–H groups in total. The number of rotatable bonds is 30. The monoisotopic (exact) mass is 1770 g/mol. The van der Waals surface area contributed by atoms with E-state index in [1.165, 1.54) is 13.8 Å². The normalized spacial score (nSPS) is 50.0. The molecule has 10 heterocycles. The van der Waals surface area contributed by atoms with Gasteiger partial charge in [-0.2, -0.15) is 0 Å². The van der Waals surface area contributed by atoms with E-state index in [-0.39, 0.29) is 0 Å². The summed E-state index contributed by atoms with van der Waals surface area (Å²) in [6.45, 7) is -2.83. The van der Waals surface area contributed by atoms with Crippen molar-refractivity contribution in [2.45, 2.75) is 348 Å². The Morgan fingerprint density at radius 3 is 0.818 bits per heavy atom. The van der Waals surface area contributed by atoms with Crippen molar-refractivity contribution < 1.29 is 242 Å². The van der Waals surface area contributed by atoms with Gasteiger partial charge in [0.25, 0.3) is 0 Å². The molecule has 10 fully saturated rings. The number of hydrogen-bond donors (Lipinski definition) is 30. The Hall–Kier alpha value is -3.92. The van der Waals surface area contributed by atoms with Crippen LogP contribution in [0.3, 0.4) is 0 Å². The van der Waals surface area contributed by atoms with Gasteiger partial charge in [-0.25, -0.2) is 0 Å². The molecule has 0 spiro atoms. The minimum absolute atomic E-state index is 0.825. The molecule has 1 unspecified atom stereocenters. The Bertz CT molecular complexity index is 3270. The molecule has 53 heteroatoms. The summed E-state index contributed by atoms with van der Waals surface area (Å²) >= 11 is 0. The Morgan fingerprint density at radius 1 is 0.231 bits per heavy atom.